The van der Waals surface area contributed by atoms with Gasteiger partial charge in [0.15, 0.2) is 5.84 Å². The third-order valence-corrected chi connectivity index (χ3v) is 6.78. The lowest BCUT2D eigenvalue weighted by Crippen LogP contribution is -2.35. The normalized spacial score (nSPS) is 20.4. The van der Waals surface area contributed by atoms with E-state index in [0.29, 0.717) is 28.2 Å². The molecule has 0 unspecified atom stereocenters. The van der Waals surface area contributed by atoms with Crippen molar-refractivity contribution in [1.29, 1.82) is 5.41 Å². The molecule has 1 aliphatic carbocycles. The molecule has 0 spiro atoms. The van der Waals surface area contributed by atoms with Crippen molar-refractivity contribution in [3.8, 4) is 11.3 Å². The molecule has 32 heavy (non-hydrogen) atoms. The van der Waals surface area contributed by atoms with Crippen LogP contribution < -0.4 is 0 Å². The molecule has 0 atom stereocenters. The van der Waals surface area contributed by atoms with Crippen molar-refractivity contribution in [2.24, 2.45) is 16.0 Å². The molecule has 2 aliphatic heterocycles. The van der Waals surface area contributed by atoms with Crippen molar-refractivity contribution in [2.75, 3.05) is 0 Å². The molecule has 0 radical (unpaired) electrons. The molecule has 3 heterocycles. The summed E-state index contributed by atoms with van der Waals surface area (Å²) >= 11 is 1.37. The highest BCUT2D eigenvalue weighted by molar-refractivity contribution is 8.27. The second-order valence-electron chi connectivity index (χ2n) is 7.77. The number of amidine groups is 2. The maximum absolute atomic E-state index is 12.6. The summed E-state index contributed by atoms with van der Waals surface area (Å²) in [5.74, 6) is 0.372. The zero-order valence-electron chi connectivity index (χ0n) is 17.0. The number of rotatable bonds is 4. The van der Waals surface area contributed by atoms with E-state index in [9.17, 15) is 14.9 Å². The lowest BCUT2D eigenvalue weighted by atomic mass is 9.90. The number of carbonyl (C=O) groups excluding carboxylic acids is 1. The number of nitrogens with zero attached hydrogens (tertiary/aromatic N) is 4. The highest BCUT2D eigenvalue weighted by Gasteiger charge is 2.38. The van der Waals surface area contributed by atoms with E-state index >= 15 is 0 Å². The molecule has 1 N–H and O–H groups in total. The summed E-state index contributed by atoms with van der Waals surface area (Å²) in [5, 5.41) is 27.1. The number of hydrogen-bond donors (Lipinski definition) is 1. The average molecular weight is 449 g/mol. The summed E-state index contributed by atoms with van der Waals surface area (Å²) in [6, 6.07) is 9.48. The summed E-state index contributed by atoms with van der Waals surface area (Å²) in [5.41, 5.74) is 0.326. The Bertz CT molecular complexity index is 1220. The van der Waals surface area contributed by atoms with Crippen LogP contribution in [0.1, 0.15) is 37.9 Å². The standard InChI is InChI=1S/C22H19N5O4S/c23-19-16(12-14-10-11-18(31-14)15-8-4-5-9-17(15)27(29)30)20(28)24-22-26(19)25-21(32-22)13-6-2-1-3-7-13/h4-5,8-13,23H,1-3,6-7H2/b16-12+,23-19?. The van der Waals surface area contributed by atoms with Crippen LogP contribution in [-0.2, 0) is 4.79 Å². The van der Waals surface area contributed by atoms with Gasteiger partial charge in [0.2, 0.25) is 5.17 Å². The largest absolute Gasteiger partial charge is 0.456 e. The summed E-state index contributed by atoms with van der Waals surface area (Å²) in [6.45, 7) is 0. The smallest absolute Gasteiger partial charge is 0.283 e. The molecule has 0 bridgehead atoms. The molecule has 2 aromatic rings. The minimum atomic E-state index is -0.530. The number of furan rings is 1. The van der Waals surface area contributed by atoms with Crippen molar-refractivity contribution in [2.45, 2.75) is 32.1 Å². The van der Waals surface area contributed by atoms with Crippen molar-refractivity contribution < 1.29 is 14.1 Å². The van der Waals surface area contributed by atoms with Crippen LogP contribution in [0.5, 0.6) is 0 Å². The second-order valence-corrected chi connectivity index (χ2v) is 8.76. The van der Waals surface area contributed by atoms with Gasteiger partial charge in [-0.1, -0.05) is 31.4 Å². The van der Waals surface area contributed by atoms with E-state index in [2.05, 4.69) is 10.1 Å². The fraction of sp³-hybridized carbons (Fsp3) is 0.273. The lowest BCUT2D eigenvalue weighted by Gasteiger charge is -2.20. The first-order valence-electron chi connectivity index (χ1n) is 10.3. The van der Waals surface area contributed by atoms with Gasteiger partial charge in [-0.05, 0) is 48.9 Å². The highest BCUT2D eigenvalue weighted by Crippen LogP contribution is 2.37. The summed E-state index contributed by atoms with van der Waals surface area (Å²) < 4.78 is 5.75. The van der Waals surface area contributed by atoms with E-state index < -0.39 is 10.8 Å². The molecular formula is C22H19N5O4S. The van der Waals surface area contributed by atoms with Gasteiger partial charge in [-0.25, -0.2) is 0 Å². The Morgan fingerprint density at radius 3 is 2.75 bits per heavy atom. The first kappa shape index (κ1) is 20.4. The maximum atomic E-state index is 12.6. The fourth-order valence-corrected chi connectivity index (χ4v) is 5.14. The quantitative estimate of drug-likeness (QED) is 0.395. The van der Waals surface area contributed by atoms with Crippen LogP contribution in [0.4, 0.5) is 5.69 Å². The minimum Gasteiger partial charge on any atom is -0.456 e. The molecule has 0 saturated heterocycles. The molecule has 10 heteroatoms. The predicted octanol–water partition coefficient (Wildman–Crippen LogP) is 5.05. The molecule has 1 aromatic heterocycles. The van der Waals surface area contributed by atoms with Gasteiger partial charge in [0.05, 0.1) is 16.1 Å². The molecule has 9 nitrogen and oxygen atoms in total. The van der Waals surface area contributed by atoms with Gasteiger partial charge in [0, 0.05) is 12.0 Å². The predicted molar refractivity (Wildman–Crippen MR) is 122 cm³/mol. The topological polar surface area (TPSA) is 125 Å². The van der Waals surface area contributed by atoms with Crippen molar-refractivity contribution >= 4 is 45.5 Å². The molecule has 162 valence electrons. The zero-order chi connectivity index (χ0) is 22.2. The van der Waals surface area contributed by atoms with Crippen molar-refractivity contribution in [3.63, 3.8) is 0 Å². The first-order valence-corrected chi connectivity index (χ1v) is 11.2. The number of benzene rings is 1. The van der Waals surface area contributed by atoms with E-state index in [1.54, 1.807) is 30.3 Å². The van der Waals surface area contributed by atoms with Crippen LogP contribution in [0, 0.1) is 21.4 Å². The molecular weight excluding hydrogens is 430 g/mol. The molecule has 1 fully saturated rings. The van der Waals surface area contributed by atoms with Gasteiger partial charge in [0.1, 0.15) is 16.6 Å². The Kier molecular flexibility index (Phi) is 5.22. The number of thioether (sulfide) groups is 1. The SMILES string of the molecule is N=C1/C(=C\c2ccc(-c3ccccc3[N+](=O)[O-])o2)C(=O)N=C2SC(C3CCCCC3)=NN12. The van der Waals surface area contributed by atoms with Gasteiger partial charge in [-0.15, -0.1) is 0 Å². The Hall–Kier alpha value is -3.53. The van der Waals surface area contributed by atoms with Crippen LogP contribution in [-0.4, -0.2) is 31.9 Å². The van der Waals surface area contributed by atoms with Crippen LogP contribution in [0.3, 0.4) is 0 Å². The number of nitrogens with one attached hydrogen (secondary N) is 1. The fourth-order valence-electron chi connectivity index (χ4n) is 4.08. The number of nitro benzene ring substituents is 1. The van der Waals surface area contributed by atoms with Crippen LogP contribution in [0.25, 0.3) is 17.4 Å². The Morgan fingerprint density at radius 2 is 1.97 bits per heavy atom. The summed E-state index contributed by atoms with van der Waals surface area (Å²) in [6.07, 6.45) is 7.13. The molecule has 1 saturated carbocycles. The molecule has 3 aliphatic rings. The number of hydrogen-bond acceptors (Lipinski definition) is 7. The van der Waals surface area contributed by atoms with Gasteiger partial charge in [0.25, 0.3) is 11.6 Å². The Labute approximate surface area is 187 Å². The monoisotopic (exact) mass is 449 g/mol. The summed E-state index contributed by atoms with van der Waals surface area (Å²) in [4.78, 5) is 27.6. The van der Waals surface area contributed by atoms with E-state index in [1.165, 1.54) is 48.2 Å². The van der Waals surface area contributed by atoms with E-state index in [4.69, 9.17) is 9.83 Å². The maximum Gasteiger partial charge on any atom is 0.283 e. The van der Waals surface area contributed by atoms with Crippen molar-refractivity contribution in [3.05, 3.63) is 57.8 Å². The summed E-state index contributed by atoms with van der Waals surface area (Å²) in [7, 11) is 0. The third kappa shape index (κ3) is 3.66. The van der Waals surface area contributed by atoms with Gasteiger partial charge >= 0.3 is 0 Å². The highest BCUT2D eigenvalue weighted by atomic mass is 32.2. The number of aliphatic imine (C=N–C) groups is 1. The van der Waals surface area contributed by atoms with Gasteiger partial charge in [-0.2, -0.15) is 15.1 Å². The zero-order valence-corrected chi connectivity index (χ0v) is 17.8. The molecule has 1 amide bonds. The Morgan fingerprint density at radius 1 is 1.19 bits per heavy atom. The van der Waals surface area contributed by atoms with E-state index in [-0.39, 0.29) is 17.1 Å². The first-order chi connectivity index (χ1) is 15.5. The van der Waals surface area contributed by atoms with Crippen molar-refractivity contribution in [1.82, 2.24) is 5.01 Å². The number of hydrazone groups is 1. The molecule has 5 rings (SSSR count). The number of para-hydroxylation sites is 1. The molecule has 1 aromatic carbocycles. The van der Waals surface area contributed by atoms with Crippen LogP contribution in [0.2, 0.25) is 0 Å². The van der Waals surface area contributed by atoms with Crippen LogP contribution >= 0.6 is 11.8 Å². The number of carbonyl (C=O) groups is 1. The number of nitro groups is 1. The third-order valence-electron chi connectivity index (χ3n) is 5.70. The number of amides is 1. The second kappa shape index (κ2) is 8.19. The van der Waals surface area contributed by atoms with Gasteiger partial charge in [-0.3, -0.25) is 20.3 Å². The van der Waals surface area contributed by atoms with E-state index in [1.807, 2.05) is 0 Å². The number of fused-ring (bicyclic) bond motifs is 1. The Balaban J connectivity index is 1.42. The lowest BCUT2D eigenvalue weighted by molar-refractivity contribution is -0.384. The van der Waals surface area contributed by atoms with E-state index in [0.717, 1.165) is 17.9 Å². The average Bonchev–Trinajstić information content (AvgIpc) is 3.44. The van der Waals surface area contributed by atoms with Gasteiger partial charge < -0.3 is 4.42 Å². The van der Waals surface area contributed by atoms with Crippen LogP contribution in [0.15, 0.2) is 56.5 Å². The minimum absolute atomic E-state index is 0.0537.